The molecular formula is C25H22N4O. The zero-order chi connectivity index (χ0) is 20.9. The molecule has 0 saturated heterocycles. The number of aromatic hydroxyl groups is 1. The van der Waals surface area contributed by atoms with E-state index >= 15 is 0 Å². The van der Waals surface area contributed by atoms with Crippen molar-refractivity contribution in [3.8, 4) is 17.1 Å². The molecule has 0 radical (unpaired) electrons. The molecule has 2 aromatic heterocycles. The summed E-state index contributed by atoms with van der Waals surface area (Å²) in [6.45, 7) is 5.44. The standard InChI is InChI=1S/C25H22N4O/c1-3-19(14-15-26-2)23-24-28-21(16-18-10-6-4-7-11-18)25(30)29(24)17-22(27-23)20-12-8-5-9-13-20/h3-15,17,30H,2,16H2,1H3/b15-14-,19-3+. The summed E-state index contributed by atoms with van der Waals surface area (Å²) in [5, 5.41) is 11.0. The van der Waals surface area contributed by atoms with Gasteiger partial charge in [0.25, 0.3) is 0 Å². The van der Waals surface area contributed by atoms with Gasteiger partial charge in [-0.15, -0.1) is 0 Å². The smallest absolute Gasteiger partial charge is 0.219 e. The average Bonchev–Trinajstić information content (AvgIpc) is 3.11. The zero-order valence-electron chi connectivity index (χ0n) is 16.7. The first-order valence-corrected chi connectivity index (χ1v) is 9.70. The fraction of sp³-hybridized carbons (Fsp3) is 0.0800. The van der Waals surface area contributed by atoms with E-state index < -0.39 is 0 Å². The van der Waals surface area contributed by atoms with Gasteiger partial charge < -0.3 is 5.11 Å². The van der Waals surface area contributed by atoms with Crippen molar-refractivity contribution in [1.29, 1.82) is 0 Å². The van der Waals surface area contributed by atoms with Crippen LogP contribution in [0.15, 0.2) is 90.2 Å². The molecule has 4 rings (SSSR count). The maximum atomic E-state index is 11.0. The molecule has 0 saturated carbocycles. The van der Waals surface area contributed by atoms with Gasteiger partial charge >= 0.3 is 0 Å². The SMILES string of the molecule is C=N/C=C\C(=C/C)c1nc(-c2ccccc2)cn2c(O)c(Cc3ccccc3)nc12. The molecule has 5 heteroatoms. The van der Waals surface area contributed by atoms with Crippen LogP contribution in [0.25, 0.3) is 22.5 Å². The molecule has 2 aromatic carbocycles. The highest BCUT2D eigenvalue weighted by Crippen LogP contribution is 2.30. The quantitative estimate of drug-likeness (QED) is 0.356. The van der Waals surface area contributed by atoms with Gasteiger partial charge in [0, 0.05) is 30.0 Å². The van der Waals surface area contributed by atoms with E-state index in [1.54, 1.807) is 10.6 Å². The number of rotatable bonds is 6. The summed E-state index contributed by atoms with van der Waals surface area (Å²) < 4.78 is 1.71. The minimum Gasteiger partial charge on any atom is -0.493 e. The number of hydrogen-bond acceptors (Lipinski definition) is 4. The molecule has 0 aliphatic heterocycles. The van der Waals surface area contributed by atoms with Crippen LogP contribution in [0, 0.1) is 0 Å². The summed E-state index contributed by atoms with van der Waals surface area (Å²) >= 11 is 0. The van der Waals surface area contributed by atoms with Crippen molar-refractivity contribution < 1.29 is 5.11 Å². The lowest BCUT2D eigenvalue weighted by atomic mass is 10.1. The van der Waals surface area contributed by atoms with Crippen LogP contribution in [0.5, 0.6) is 5.88 Å². The molecule has 0 aliphatic rings. The van der Waals surface area contributed by atoms with Crippen molar-refractivity contribution >= 4 is 17.9 Å². The van der Waals surface area contributed by atoms with Gasteiger partial charge in [0.1, 0.15) is 11.4 Å². The largest absolute Gasteiger partial charge is 0.493 e. The number of aromatic nitrogens is 3. The molecule has 0 aliphatic carbocycles. The summed E-state index contributed by atoms with van der Waals surface area (Å²) in [7, 11) is 0. The second kappa shape index (κ2) is 8.57. The van der Waals surface area contributed by atoms with Crippen LogP contribution < -0.4 is 0 Å². The van der Waals surface area contributed by atoms with Crippen LogP contribution in [0.3, 0.4) is 0 Å². The molecule has 0 bridgehead atoms. The number of imidazole rings is 1. The fourth-order valence-electron chi connectivity index (χ4n) is 3.38. The molecule has 1 N–H and O–H groups in total. The molecule has 148 valence electrons. The van der Waals surface area contributed by atoms with Crippen molar-refractivity contribution in [1.82, 2.24) is 14.4 Å². The number of nitrogens with zero attached hydrogens (tertiary/aromatic N) is 4. The topological polar surface area (TPSA) is 62.8 Å². The van der Waals surface area contributed by atoms with Gasteiger partial charge in [0.15, 0.2) is 5.65 Å². The van der Waals surface area contributed by atoms with Gasteiger partial charge in [-0.25, -0.2) is 9.97 Å². The lowest BCUT2D eigenvalue weighted by molar-refractivity contribution is 0.442. The highest BCUT2D eigenvalue weighted by molar-refractivity contribution is 5.81. The Labute approximate surface area is 175 Å². The molecule has 30 heavy (non-hydrogen) atoms. The summed E-state index contributed by atoms with van der Waals surface area (Å²) in [4.78, 5) is 13.4. The van der Waals surface area contributed by atoms with Crippen molar-refractivity contribution in [3.63, 3.8) is 0 Å². The Bertz CT molecular complexity index is 1240. The van der Waals surface area contributed by atoms with Crippen LogP contribution in [0.1, 0.15) is 23.9 Å². The molecule has 0 amide bonds. The van der Waals surface area contributed by atoms with E-state index in [-0.39, 0.29) is 5.88 Å². The van der Waals surface area contributed by atoms with Crippen LogP contribution in [-0.2, 0) is 6.42 Å². The molecule has 5 nitrogen and oxygen atoms in total. The molecule has 0 fully saturated rings. The van der Waals surface area contributed by atoms with Crippen LogP contribution in [0.4, 0.5) is 0 Å². The first-order chi connectivity index (χ1) is 14.7. The minimum absolute atomic E-state index is 0.121. The Balaban J connectivity index is 1.93. The van der Waals surface area contributed by atoms with Gasteiger partial charge in [-0.1, -0.05) is 66.7 Å². The van der Waals surface area contributed by atoms with E-state index in [0.717, 1.165) is 22.4 Å². The molecule has 0 spiro atoms. The number of benzene rings is 2. The predicted molar refractivity (Wildman–Crippen MR) is 122 cm³/mol. The zero-order valence-corrected chi connectivity index (χ0v) is 16.7. The Morgan fingerprint density at radius 1 is 1.07 bits per heavy atom. The highest BCUT2D eigenvalue weighted by atomic mass is 16.3. The number of hydrogen-bond donors (Lipinski definition) is 1. The summed E-state index contributed by atoms with van der Waals surface area (Å²) in [5.74, 6) is 0.121. The number of fused-ring (bicyclic) bond motifs is 1. The van der Waals surface area contributed by atoms with E-state index in [0.29, 0.717) is 23.5 Å². The maximum Gasteiger partial charge on any atom is 0.219 e. The monoisotopic (exact) mass is 394 g/mol. The normalized spacial score (nSPS) is 12.0. The Hall–Kier alpha value is -3.99. The number of aliphatic imine (C=N–C) groups is 1. The van der Waals surface area contributed by atoms with E-state index in [1.165, 1.54) is 0 Å². The second-order valence-electron chi connectivity index (χ2n) is 6.82. The van der Waals surface area contributed by atoms with Gasteiger partial charge in [0.05, 0.1) is 5.69 Å². The van der Waals surface area contributed by atoms with Crippen LogP contribution >= 0.6 is 0 Å². The Kier molecular flexibility index (Phi) is 5.52. The fourth-order valence-corrected chi connectivity index (χ4v) is 3.38. The summed E-state index contributed by atoms with van der Waals surface area (Å²) in [5.41, 5.74) is 5.51. The summed E-state index contributed by atoms with van der Waals surface area (Å²) in [6.07, 6.45) is 7.77. The third-order valence-corrected chi connectivity index (χ3v) is 4.88. The van der Waals surface area contributed by atoms with Crippen molar-refractivity contribution in [2.75, 3.05) is 0 Å². The average molecular weight is 394 g/mol. The lowest BCUT2D eigenvalue weighted by Gasteiger charge is -2.08. The third kappa shape index (κ3) is 3.78. The molecule has 0 unspecified atom stereocenters. The third-order valence-electron chi connectivity index (χ3n) is 4.88. The van der Waals surface area contributed by atoms with Crippen LogP contribution in [0.2, 0.25) is 0 Å². The molecule has 4 aromatic rings. The summed E-state index contributed by atoms with van der Waals surface area (Å²) in [6, 6.07) is 19.9. The van der Waals surface area contributed by atoms with Crippen molar-refractivity contribution in [2.24, 2.45) is 4.99 Å². The maximum absolute atomic E-state index is 11.0. The number of allylic oxidation sites excluding steroid dienone is 3. The molecular weight excluding hydrogens is 372 g/mol. The first-order valence-electron chi connectivity index (χ1n) is 9.70. The molecule has 0 atom stereocenters. The van der Waals surface area contributed by atoms with E-state index in [1.807, 2.05) is 85.9 Å². The van der Waals surface area contributed by atoms with Crippen molar-refractivity contribution in [3.05, 3.63) is 102 Å². The van der Waals surface area contributed by atoms with E-state index in [2.05, 4.69) is 11.7 Å². The first kappa shape index (κ1) is 19.3. The van der Waals surface area contributed by atoms with Gasteiger partial charge in [-0.2, -0.15) is 0 Å². The second-order valence-corrected chi connectivity index (χ2v) is 6.82. The van der Waals surface area contributed by atoms with Crippen LogP contribution in [-0.4, -0.2) is 26.2 Å². The van der Waals surface area contributed by atoms with E-state index in [4.69, 9.17) is 9.97 Å². The highest BCUT2D eigenvalue weighted by Gasteiger charge is 2.18. The predicted octanol–water partition coefficient (Wildman–Crippen LogP) is 5.31. The van der Waals surface area contributed by atoms with Crippen molar-refractivity contribution in [2.45, 2.75) is 13.3 Å². The lowest BCUT2D eigenvalue weighted by Crippen LogP contribution is -1.98. The van der Waals surface area contributed by atoms with Gasteiger partial charge in [0.2, 0.25) is 5.88 Å². The molecule has 2 heterocycles. The van der Waals surface area contributed by atoms with Gasteiger partial charge in [-0.05, 0) is 25.3 Å². The Morgan fingerprint density at radius 2 is 1.77 bits per heavy atom. The van der Waals surface area contributed by atoms with E-state index in [9.17, 15) is 5.11 Å². The Morgan fingerprint density at radius 3 is 2.43 bits per heavy atom. The minimum atomic E-state index is 0.121. The van der Waals surface area contributed by atoms with Gasteiger partial charge in [-0.3, -0.25) is 9.39 Å².